The van der Waals surface area contributed by atoms with Crippen molar-refractivity contribution in [3.05, 3.63) is 24.3 Å². The molecule has 0 fully saturated rings. The van der Waals surface area contributed by atoms with Crippen LogP contribution in [0.1, 0.15) is 219 Å². The number of likely N-dealkylation sites (N-methyl/N-ethyl adjacent to an activating group) is 1. The molecule has 0 amide bonds. The van der Waals surface area contributed by atoms with Crippen LogP contribution in [0.25, 0.3) is 0 Å². The smallest absolute Gasteiger partial charge is 0.0701 e. The second-order valence-electron chi connectivity index (χ2n) is 14.5. The molecule has 0 aromatic heterocycles. The average Bonchev–Trinajstić information content (AvgIpc) is 3.03. The zero-order chi connectivity index (χ0) is 32.7. The first-order chi connectivity index (χ1) is 22.2. The van der Waals surface area contributed by atoms with Gasteiger partial charge in [-0.3, -0.25) is 0 Å². The third kappa shape index (κ3) is 39.5. The maximum Gasteiger partial charge on any atom is 0.0701 e. The molecule has 268 valence electrons. The maximum absolute atomic E-state index is 6.35. The standard InChI is InChI=1S/C43H85NO/c1-5-7-9-11-13-15-17-19-21-23-24-25-26-28-30-32-34-36-38-40-43(42-44(3)4)45-41-39-37-35-33-31-29-27-22-20-18-16-14-12-10-8-6-2/h19-22,43H,5-18,23-42H2,1-4H3/b21-19-,22-20-. The highest BCUT2D eigenvalue weighted by Crippen LogP contribution is 2.15. The molecular weight excluding hydrogens is 546 g/mol. The highest BCUT2D eigenvalue weighted by Gasteiger charge is 2.10. The van der Waals surface area contributed by atoms with E-state index in [2.05, 4.69) is 57.1 Å². The van der Waals surface area contributed by atoms with Crippen molar-refractivity contribution in [2.75, 3.05) is 27.2 Å². The Hall–Kier alpha value is -0.600. The Kier molecular flexibility index (Phi) is 39.1. The van der Waals surface area contributed by atoms with Gasteiger partial charge in [-0.05, 0) is 78.3 Å². The first kappa shape index (κ1) is 44.4. The molecule has 0 spiro atoms. The second-order valence-corrected chi connectivity index (χ2v) is 14.5. The minimum Gasteiger partial charge on any atom is -0.377 e. The van der Waals surface area contributed by atoms with Crippen LogP contribution >= 0.6 is 0 Å². The highest BCUT2D eigenvalue weighted by atomic mass is 16.5. The van der Waals surface area contributed by atoms with Gasteiger partial charge in [0.1, 0.15) is 0 Å². The molecule has 0 saturated heterocycles. The Labute approximate surface area is 286 Å². The van der Waals surface area contributed by atoms with E-state index in [1.165, 1.54) is 205 Å². The van der Waals surface area contributed by atoms with E-state index in [9.17, 15) is 0 Å². The van der Waals surface area contributed by atoms with Crippen LogP contribution < -0.4 is 0 Å². The summed E-state index contributed by atoms with van der Waals surface area (Å²) >= 11 is 0. The van der Waals surface area contributed by atoms with E-state index in [-0.39, 0.29) is 0 Å². The molecule has 0 N–H and O–H groups in total. The van der Waals surface area contributed by atoms with E-state index in [1.54, 1.807) is 0 Å². The van der Waals surface area contributed by atoms with E-state index < -0.39 is 0 Å². The molecule has 0 aliphatic heterocycles. The second kappa shape index (κ2) is 39.6. The van der Waals surface area contributed by atoms with Crippen LogP contribution in [0.15, 0.2) is 24.3 Å². The summed E-state index contributed by atoms with van der Waals surface area (Å²) in [6.45, 7) is 6.61. The summed E-state index contributed by atoms with van der Waals surface area (Å²) in [6, 6.07) is 0. The molecule has 1 unspecified atom stereocenters. The lowest BCUT2D eigenvalue weighted by Gasteiger charge is -2.21. The first-order valence-corrected chi connectivity index (χ1v) is 20.8. The third-order valence-electron chi connectivity index (χ3n) is 9.37. The zero-order valence-corrected chi connectivity index (χ0v) is 31.8. The van der Waals surface area contributed by atoms with Crippen LogP contribution in [-0.4, -0.2) is 38.3 Å². The number of allylic oxidation sites excluding steroid dienone is 4. The van der Waals surface area contributed by atoms with E-state index >= 15 is 0 Å². The zero-order valence-electron chi connectivity index (χ0n) is 31.8. The summed E-state index contributed by atoms with van der Waals surface area (Å²) in [6.07, 6.45) is 54.2. The lowest BCUT2D eigenvalue weighted by Crippen LogP contribution is -2.28. The monoisotopic (exact) mass is 632 g/mol. The molecule has 0 aromatic carbocycles. The van der Waals surface area contributed by atoms with Crippen molar-refractivity contribution in [2.24, 2.45) is 0 Å². The molecule has 2 heteroatoms. The summed E-state index contributed by atoms with van der Waals surface area (Å²) in [5.41, 5.74) is 0. The lowest BCUT2D eigenvalue weighted by atomic mass is 10.0. The molecule has 0 aliphatic carbocycles. The van der Waals surface area contributed by atoms with Gasteiger partial charge in [-0.25, -0.2) is 0 Å². The van der Waals surface area contributed by atoms with Crippen LogP contribution in [0.5, 0.6) is 0 Å². The maximum atomic E-state index is 6.35. The fourth-order valence-electron chi connectivity index (χ4n) is 6.38. The van der Waals surface area contributed by atoms with E-state index in [1.807, 2.05) is 0 Å². The van der Waals surface area contributed by atoms with Gasteiger partial charge in [-0.15, -0.1) is 0 Å². The van der Waals surface area contributed by atoms with E-state index in [0.29, 0.717) is 6.10 Å². The number of ether oxygens (including phenoxy) is 1. The number of hydrogen-bond acceptors (Lipinski definition) is 2. The van der Waals surface area contributed by atoms with Gasteiger partial charge in [0.2, 0.25) is 0 Å². The minimum atomic E-state index is 0.419. The average molecular weight is 632 g/mol. The quantitative estimate of drug-likeness (QED) is 0.0496. The Morgan fingerprint density at radius 1 is 0.400 bits per heavy atom. The van der Waals surface area contributed by atoms with Crippen molar-refractivity contribution in [3.63, 3.8) is 0 Å². The molecule has 2 nitrogen and oxygen atoms in total. The molecule has 45 heavy (non-hydrogen) atoms. The van der Waals surface area contributed by atoms with Crippen molar-refractivity contribution < 1.29 is 4.74 Å². The summed E-state index contributed by atoms with van der Waals surface area (Å²) in [5, 5.41) is 0. The van der Waals surface area contributed by atoms with Crippen LogP contribution in [0.3, 0.4) is 0 Å². The molecule has 0 heterocycles. The van der Waals surface area contributed by atoms with Crippen molar-refractivity contribution in [2.45, 2.75) is 225 Å². The van der Waals surface area contributed by atoms with E-state index in [0.717, 1.165) is 13.2 Å². The molecule has 0 radical (unpaired) electrons. The minimum absolute atomic E-state index is 0.419. The Bertz CT molecular complexity index is 582. The number of nitrogens with zero attached hydrogens (tertiary/aromatic N) is 1. The number of hydrogen-bond donors (Lipinski definition) is 0. The van der Waals surface area contributed by atoms with Crippen molar-refractivity contribution in [3.8, 4) is 0 Å². The van der Waals surface area contributed by atoms with Crippen LogP contribution in [-0.2, 0) is 4.74 Å². The third-order valence-corrected chi connectivity index (χ3v) is 9.37. The Balaban J connectivity index is 3.51. The van der Waals surface area contributed by atoms with Crippen molar-refractivity contribution in [1.29, 1.82) is 0 Å². The molecule has 1 atom stereocenters. The van der Waals surface area contributed by atoms with Gasteiger partial charge in [0.05, 0.1) is 6.10 Å². The van der Waals surface area contributed by atoms with E-state index in [4.69, 9.17) is 4.74 Å². The molecule has 0 rings (SSSR count). The Morgan fingerprint density at radius 2 is 0.711 bits per heavy atom. The predicted molar refractivity (Wildman–Crippen MR) is 206 cm³/mol. The summed E-state index contributed by atoms with van der Waals surface area (Å²) in [4.78, 5) is 2.30. The van der Waals surface area contributed by atoms with Gasteiger partial charge in [-0.2, -0.15) is 0 Å². The normalized spacial score (nSPS) is 12.8. The largest absolute Gasteiger partial charge is 0.377 e. The van der Waals surface area contributed by atoms with Crippen LogP contribution in [0.4, 0.5) is 0 Å². The van der Waals surface area contributed by atoms with Crippen molar-refractivity contribution >= 4 is 0 Å². The van der Waals surface area contributed by atoms with Gasteiger partial charge >= 0.3 is 0 Å². The fraction of sp³-hybridized carbons (Fsp3) is 0.907. The molecular formula is C43H85NO. The predicted octanol–water partition coefficient (Wildman–Crippen LogP) is 14.6. The van der Waals surface area contributed by atoms with Gasteiger partial charge in [0, 0.05) is 13.2 Å². The highest BCUT2D eigenvalue weighted by molar-refractivity contribution is 4.82. The topological polar surface area (TPSA) is 12.5 Å². The van der Waals surface area contributed by atoms with Gasteiger partial charge in [0.15, 0.2) is 0 Å². The lowest BCUT2D eigenvalue weighted by molar-refractivity contribution is 0.0266. The van der Waals surface area contributed by atoms with Gasteiger partial charge < -0.3 is 9.64 Å². The Morgan fingerprint density at radius 3 is 1.07 bits per heavy atom. The molecule has 0 saturated carbocycles. The van der Waals surface area contributed by atoms with Gasteiger partial charge in [0.25, 0.3) is 0 Å². The molecule has 0 aliphatic rings. The summed E-state index contributed by atoms with van der Waals surface area (Å²) in [5.74, 6) is 0. The number of rotatable bonds is 38. The summed E-state index contributed by atoms with van der Waals surface area (Å²) < 4.78 is 6.35. The van der Waals surface area contributed by atoms with Gasteiger partial charge in [-0.1, -0.05) is 179 Å². The van der Waals surface area contributed by atoms with Crippen molar-refractivity contribution in [1.82, 2.24) is 4.90 Å². The van der Waals surface area contributed by atoms with Crippen LogP contribution in [0, 0.1) is 0 Å². The number of unbranched alkanes of at least 4 members (excludes halogenated alkanes) is 27. The first-order valence-electron chi connectivity index (χ1n) is 20.8. The molecule has 0 aromatic rings. The van der Waals surface area contributed by atoms with Crippen LogP contribution in [0.2, 0.25) is 0 Å². The molecule has 0 bridgehead atoms. The fourth-order valence-corrected chi connectivity index (χ4v) is 6.38. The SMILES string of the molecule is CCCCCCCC/C=C\CCCCCCCCCCCC(CN(C)C)OCCCCCCCC/C=C\CCCCCCCC. The summed E-state index contributed by atoms with van der Waals surface area (Å²) in [7, 11) is 4.37.